The Morgan fingerprint density at radius 1 is 1.39 bits per heavy atom. The van der Waals surface area contributed by atoms with Crippen molar-refractivity contribution in [2.45, 2.75) is 26.3 Å². The third-order valence-corrected chi connectivity index (χ3v) is 2.67. The number of H-pyrrole nitrogens is 1. The molecule has 0 aliphatic heterocycles. The van der Waals surface area contributed by atoms with E-state index in [2.05, 4.69) is 4.98 Å². The average Bonchev–Trinajstić information content (AvgIpc) is 2.28. The number of nitrogens with zero attached hydrogens (tertiary/aromatic N) is 2. The Bertz CT molecular complexity index is 556. The highest BCUT2D eigenvalue weighted by Gasteiger charge is 2.13. The molecule has 1 rings (SSSR count). The number of amides is 1. The van der Waals surface area contributed by atoms with Crippen molar-refractivity contribution in [2.24, 2.45) is 0 Å². The maximum Gasteiger partial charge on any atom is 0.331 e. The first kappa shape index (κ1) is 14.0. The second-order valence-electron chi connectivity index (χ2n) is 4.10. The molecule has 0 fully saturated rings. The van der Waals surface area contributed by atoms with Gasteiger partial charge in [-0.15, -0.1) is 0 Å². The highest BCUT2D eigenvalue weighted by Crippen LogP contribution is 2.10. The lowest BCUT2D eigenvalue weighted by molar-refractivity contribution is -0.128. The van der Waals surface area contributed by atoms with Crippen molar-refractivity contribution in [3.8, 4) is 5.88 Å². The third kappa shape index (κ3) is 2.79. The summed E-state index contributed by atoms with van der Waals surface area (Å²) >= 11 is 0. The molecule has 0 aliphatic carbocycles. The smallest absolute Gasteiger partial charge is 0.331 e. The van der Waals surface area contributed by atoms with Crippen molar-refractivity contribution in [3.05, 3.63) is 26.4 Å². The average molecular weight is 255 g/mol. The standard InChI is InChI=1S/C11H17N3O4/c1-4-7-9(16)12-11(18)14(10(7)17)6-5-8(15)13(2)3/h17H,4-6H2,1-3H3,(H,12,16,18). The van der Waals surface area contributed by atoms with Crippen molar-refractivity contribution in [3.63, 3.8) is 0 Å². The van der Waals surface area contributed by atoms with Crippen LogP contribution in [0.4, 0.5) is 0 Å². The molecule has 0 atom stereocenters. The number of aromatic amines is 1. The summed E-state index contributed by atoms with van der Waals surface area (Å²) in [6.45, 7) is 1.73. The van der Waals surface area contributed by atoms with Crippen LogP contribution >= 0.6 is 0 Å². The Labute approximate surface area is 104 Å². The second kappa shape index (κ2) is 5.52. The van der Waals surface area contributed by atoms with Gasteiger partial charge in [-0.3, -0.25) is 19.1 Å². The molecule has 1 aromatic rings. The molecular formula is C11H17N3O4. The summed E-state index contributed by atoms with van der Waals surface area (Å²) in [6, 6.07) is 0. The molecule has 7 heteroatoms. The molecule has 0 aliphatic rings. The molecule has 0 saturated carbocycles. The SMILES string of the molecule is CCc1c(O)n(CCC(=O)N(C)C)c(=O)[nH]c1=O. The van der Waals surface area contributed by atoms with Crippen molar-refractivity contribution in [1.82, 2.24) is 14.5 Å². The Morgan fingerprint density at radius 2 is 2.00 bits per heavy atom. The van der Waals surface area contributed by atoms with Crippen LogP contribution in [-0.2, 0) is 17.8 Å². The van der Waals surface area contributed by atoms with E-state index in [-0.39, 0.29) is 30.3 Å². The lowest BCUT2D eigenvalue weighted by Crippen LogP contribution is -2.33. The van der Waals surface area contributed by atoms with Crippen LogP contribution in [0.15, 0.2) is 9.59 Å². The minimum Gasteiger partial charge on any atom is -0.494 e. The number of carbonyl (C=O) groups is 1. The quantitative estimate of drug-likeness (QED) is 0.742. The lowest BCUT2D eigenvalue weighted by Gasteiger charge is -2.13. The van der Waals surface area contributed by atoms with E-state index in [0.717, 1.165) is 4.57 Å². The molecule has 0 aromatic carbocycles. The van der Waals surface area contributed by atoms with Crippen LogP contribution in [0.25, 0.3) is 0 Å². The first-order valence-electron chi connectivity index (χ1n) is 5.63. The fourth-order valence-electron chi connectivity index (χ4n) is 1.56. The van der Waals surface area contributed by atoms with Crippen LogP contribution in [0, 0.1) is 0 Å². The molecular weight excluding hydrogens is 238 g/mol. The van der Waals surface area contributed by atoms with E-state index >= 15 is 0 Å². The zero-order chi connectivity index (χ0) is 13.9. The van der Waals surface area contributed by atoms with Gasteiger partial charge < -0.3 is 10.0 Å². The Morgan fingerprint density at radius 3 is 2.50 bits per heavy atom. The van der Waals surface area contributed by atoms with Gasteiger partial charge in [-0.05, 0) is 6.42 Å². The van der Waals surface area contributed by atoms with E-state index in [1.165, 1.54) is 4.90 Å². The van der Waals surface area contributed by atoms with Gasteiger partial charge in [0.1, 0.15) is 0 Å². The maximum absolute atomic E-state index is 11.5. The first-order chi connectivity index (χ1) is 8.38. The molecule has 1 heterocycles. The summed E-state index contributed by atoms with van der Waals surface area (Å²) in [4.78, 5) is 37.9. The molecule has 0 radical (unpaired) electrons. The molecule has 2 N–H and O–H groups in total. The minimum atomic E-state index is -0.707. The highest BCUT2D eigenvalue weighted by atomic mass is 16.3. The number of carbonyl (C=O) groups excluding carboxylic acids is 1. The Kier molecular flexibility index (Phi) is 4.30. The van der Waals surface area contributed by atoms with Crippen LogP contribution in [0.5, 0.6) is 5.88 Å². The van der Waals surface area contributed by atoms with Crippen LogP contribution < -0.4 is 11.2 Å². The normalized spacial score (nSPS) is 10.4. The van der Waals surface area contributed by atoms with Crippen molar-refractivity contribution < 1.29 is 9.90 Å². The van der Waals surface area contributed by atoms with Gasteiger partial charge in [0.05, 0.1) is 5.56 Å². The number of aromatic nitrogens is 2. The summed E-state index contributed by atoms with van der Waals surface area (Å²) < 4.78 is 1.00. The number of aromatic hydroxyl groups is 1. The van der Waals surface area contributed by atoms with Gasteiger partial charge in [0, 0.05) is 27.1 Å². The molecule has 1 aromatic heterocycles. The van der Waals surface area contributed by atoms with Gasteiger partial charge in [-0.25, -0.2) is 4.79 Å². The zero-order valence-electron chi connectivity index (χ0n) is 10.7. The van der Waals surface area contributed by atoms with E-state index in [4.69, 9.17) is 0 Å². The van der Waals surface area contributed by atoms with Gasteiger partial charge in [0.2, 0.25) is 11.8 Å². The summed E-state index contributed by atoms with van der Waals surface area (Å²) in [6.07, 6.45) is 0.388. The molecule has 0 bridgehead atoms. The maximum atomic E-state index is 11.5. The van der Waals surface area contributed by atoms with Crippen LogP contribution in [0.3, 0.4) is 0 Å². The number of nitrogens with one attached hydrogen (secondary N) is 1. The number of rotatable bonds is 4. The molecule has 0 saturated heterocycles. The first-order valence-corrected chi connectivity index (χ1v) is 5.63. The monoisotopic (exact) mass is 255 g/mol. The summed E-state index contributed by atoms with van der Waals surface area (Å²) in [7, 11) is 3.21. The van der Waals surface area contributed by atoms with Gasteiger partial charge in [0.15, 0.2) is 0 Å². The number of hydrogen-bond acceptors (Lipinski definition) is 4. The molecule has 0 spiro atoms. The van der Waals surface area contributed by atoms with Crippen molar-refractivity contribution in [1.29, 1.82) is 0 Å². The van der Waals surface area contributed by atoms with Crippen LogP contribution in [0.2, 0.25) is 0 Å². The summed E-state index contributed by atoms with van der Waals surface area (Å²) in [5.41, 5.74) is -1.15. The number of hydrogen-bond donors (Lipinski definition) is 2. The lowest BCUT2D eigenvalue weighted by atomic mass is 10.2. The van der Waals surface area contributed by atoms with Crippen molar-refractivity contribution in [2.75, 3.05) is 14.1 Å². The molecule has 1 amide bonds. The second-order valence-corrected chi connectivity index (χ2v) is 4.10. The minimum absolute atomic E-state index is 0.0332. The predicted molar refractivity (Wildman–Crippen MR) is 65.7 cm³/mol. The van der Waals surface area contributed by atoms with Gasteiger partial charge in [-0.2, -0.15) is 0 Å². The zero-order valence-corrected chi connectivity index (χ0v) is 10.7. The van der Waals surface area contributed by atoms with Crippen molar-refractivity contribution >= 4 is 5.91 Å². The van der Waals surface area contributed by atoms with Crippen LogP contribution in [0.1, 0.15) is 18.9 Å². The van der Waals surface area contributed by atoms with E-state index in [0.29, 0.717) is 6.42 Å². The molecule has 18 heavy (non-hydrogen) atoms. The Hall–Kier alpha value is -2.05. The predicted octanol–water partition coefficient (Wildman–Crippen LogP) is -0.717. The van der Waals surface area contributed by atoms with E-state index in [1.54, 1.807) is 21.0 Å². The highest BCUT2D eigenvalue weighted by molar-refractivity contribution is 5.75. The largest absolute Gasteiger partial charge is 0.494 e. The molecule has 100 valence electrons. The van der Waals surface area contributed by atoms with Crippen LogP contribution in [-0.4, -0.2) is 39.6 Å². The fraction of sp³-hybridized carbons (Fsp3) is 0.545. The summed E-state index contributed by atoms with van der Waals surface area (Å²) in [5.74, 6) is -0.525. The summed E-state index contributed by atoms with van der Waals surface area (Å²) in [5, 5.41) is 9.82. The topological polar surface area (TPSA) is 95.4 Å². The Balaban J connectivity index is 3.07. The van der Waals surface area contributed by atoms with E-state index in [9.17, 15) is 19.5 Å². The van der Waals surface area contributed by atoms with E-state index < -0.39 is 11.2 Å². The van der Waals surface area contributed by atoms with Gasteiger partial charge >= 0.3 is 5.69 Å². The molecule has 0 unspecified atom stereocenters. The van der Waals surface area contributed by atoms with Gasteiger partial charge in [0.25, 0.3) is 5.56 Å². The van der Waals surface area contributed by atoms with E-state index in [1.807, 2.05) is 0 Å². The molecule has 7 nitrogen and oxygen atoms in total. The van der Waals surface area contributed by atoms with Gasteiger partial charge in [-0.1, -0.05) is 6.92 Å². The fourth-order valence-corrected chi connectivity index (χ4v) is 1.56. The third-order valence-electron chi connectivity index (χ3n) is 2.67.